The van der Waals surface area contributed by atoms with Crippen molar-refractivity contribution in [2.24, 2.45) is 0 Å². The van der Waals surface area contributed by atoms with Crippen molar-refractivity contribution in [3.8, 4) is 11.8 Å². The lowest BCUT2D eigenvalue weighted by atomic mass is 10.2. The van der Waals surface area contributed by atoms with Gasteiger partial charge in [0.25, 0.3) is 0 Å². The number of nitrogens with zero attached hydrogens (tertiary/aromatic N) is 1. The van der Waals surface area contributed by atoms with Crippen molar-refractivity contribution in [1.82, 2.24) is 4.98 Å². The highest BCUT2D eigenvalue weighted by atomic mass is 35.5. The molecule has 1 nitrogen and oxygen atoms in total. The van der Waals surface area contributed by atoms with Gasteiger partial charge < -0.3 is 0 Å². The molecule has 0 spiro atoms. The summed E-state index contributed by atoms with van der Waals surface area (Å²) in [5.74, 6) is 5.23. The molecule has 0 aliphatic carbocycles. The van der Waals surface area contributed by atoms with Gasteiger partial charge in [0.05, 0.1) is 5.52 Å². The number of para-hydroxylation sites is 1. The molecule has 20 heavy (non-hydrogen) atoms. The van der Waals surface area contributed by atoms with E-state index in [0.29, 0.717) is 5.02 Å². The Labute approximate surface area is 121 Å². The van der Waals surface area contributed by atoms with E-state index in [1.54, 1.807) is 24.3 Å². The van der Waals surface area contributed by atoms with Crippen LogP contribution in [0.5, 0.6) is 0 Å². The van der Waals surface area contributed by atoms with Crippen molar-refractivity contribution >= 4 is 22.5 Å². The van der Waals surface area contributed by atoms with Crippen molar-refractivity contribution in [1.29, 1.82) is 0 Å². The van der Waals surface area contributed by atoms with Crippen LogP contribution in [0.3, 0.4) is 0 Å². The summed E-state index contributed by atoms with van der Waals surface area (Å²) in [7, 11) is 0. The monoisotopic (exact) mass is 281 g/mol. The van der Waals surface area contributed by atoms with Crippen LogP contribution in [0.4, 0.5) is 4.39 Å². The summed E-state index contributed by atoms with van der Waals surface area (Å²) in [5, 5.41) is 1.41. The lowest BCUT2D eigenvalue weighted by Crippen LogP contribution is -1.90. The molecule has 0 saturated carbocycles. The second-order valence-corrected chi connectivity index (χ2v) is 4.70. The molecular weight excluding hydrogens is 273 g/mol. The van der Waals surface area contributed by atoms with Crippen LogP contribution in [0.1, 0.15) is 11.3 Å². The molecule has 0 atom stereocenters. The second-order valence-electron chi connectivity index (χ2n) is 4.27. The number of halogens is 2. The smallest absolute Gasteiger partial charge is 0.158 e. The van der Waals surface area contributed by atoms with Crippen LogP contribution in [0.25, 0.3) is 10.9 Å². The number of rotatable bonds is 0. The molecule has 1 aromatic heterocycles. The Bertz CT molecular complexity index is 829. The summed E-state index contributed by atoms with van der Waals surface area (Å²) in [6.45, 7) is 0. The van der Waals surface area contributed by atoms with E-state index in [1.165, 1.54) is 6.07 Å². The SMILES string of the molecule is Fc1cc2ccccc2nc1C#Cc1ccc(Cl)cc1. The number of benzene rings is 2. The average molecular weight is 282 g/mol. The molecule has 0 radical (unpaired) electrons. The summed E-state index contributed by atoms with van der Waals surface area (Å²) in [5.41, 5.74) is 1.65. The van der Waals surface area contributed by atoms with E-state index in [-0.39, 0.29) is 5.69 Å². The van der Waals surface area contributed by atoms with Crippen LogP contribution in [0, 0.1) is 17.7 Å². The number of hydrogen-bond acceptors (Lipinski definition) is 1. The topological polar surface area (TPSA) is 12.9 Å². The second kappa shape index (κ2) is 5.32. The molecule has 0 amide bonds. The van der Waals surface area contributed by atoms with Gasteiger partial charge in [0.1, 0.15) is 5.69 Å². The Hall–Kier alpha value is -2.37. The zero-order chi connectivity index (χ0) is 13.9. The third kappa shape index (κ3) is 2.64. The largest absolute Gasteiger partial charge is 0.236 e. The summed E-state index contributed by atoms with van der Waals surface area (Å²) < 4.78 is 13.9. The number of hydrogen-bond donors (Lipinski definition) is 0. The van der Waals surface area contributed by atoms with Gasteiger partial charge in [-0.2, -0.15) is 0 Å². The first-order valence-corrected chi connectivity index (χ1v) is 6.43. The molecule has 0 aliphatic rings. The van der Waals surface area contributed by atoms with Crippen LogP contribution in [0.2, 0.25) is 5.02 Å². The summed E-state index contributed by atoms with van der Waals surface area (Å²) in [6, 6.07) is 15.9. The predicted octanol–water partition coefficient (Wildman–Crippen LogP) is 4.43. The van der Waals surface area contributed by atoms with Gasteiger partial charge in [0.15, 0.2) is 5.82 Å². The van der Waals surface area contributed by atoms with Gasteiger partial charge in [-0.3, -0.25) is 0 Å². The fourth-order valence-corrected chi connectivity index (χ4v) is 1.97. The highest BCUT2D eigenvalue weighted by molar-refractivity contribution is 6.30. The number of pyridine rings is 1. The van der Waals surface area contributed by atoms with Crippen molar-refractivity contribution in [3.05, 3.63) is 76.7 Å². The maximum Gasteiger partial charge on any atom is 0.158 e. The van der Waals surface area contributed by atoms with Crippen LogP contribution >= 0.6 is 11.6 Å². The van der Waals surface area contributed by atoms with E-state index in [2.05, 4.69) is 16.8 Å². The molecule has 0 aliphatic heterocycles. The highest BCUT2D eigenvalue weighted by Gasteiger charge is 2.03. The first kappa shape index (κ1) is 12.7. The molecule has 0 saturated heterocycles. The van der Waals surface area contributed by atoms with Gasteiger partial charge in [-0.25, -0.2) is 9.37 Å². The van der Waals surface area contributed by atoms with E-state index in [0.717, 1.165) is 16.5 Å². The molecule has 2 aromatic carbocycles. The number of fused-ring (bicyclic) bond motifs is 1. The molecule has 1 heterocycles. The Kier molecular flexibility index (Phi) is 3.37. The van der Waals surface area contributed by atoms with E-state index in [1.807, 2.05) is 24.3 Å². The lowest BCUT2D eigenvalue weighted by Gasteiger charge is -1.99. The molecule has 96 valence electrons. The summed E-state index contributed by atoms with van der Waals surface area (Å²) in [4.78, 5) is 4.23. The van der Waals surface area contributed by atoms with Gasteiger partial charge in [-0.05, 0) is 42.3 Å². The first-order chi connectivity index (χ1) is 9.72. The average Bonchev–Trinajstić information content (AvgIpc) is 2.47. The van der Waals surface area contributed by atoms with Crippen molar-refractivity contribution in [2.75, 3.05) is 0 Å². The molecule has 0 unspecified atom stereocenters. The molecule has 0 fully saturated rings. The number of aromatic nitrogens is 1. The van der Waals surface area contributed by atoms with E-state index in [9.17, 15) is 4.39 Å². The molecule has 3 heteroatoms. The maximum absolute atomic E-state index is 13.9. The highest BCUT2D eigenvalue weighted by Crippen LogP contribution is 2.15. The van der Waals surface area contributed by atoms with Crippen LogP contribution in [-0.4, -0.2) is 4.98 Å². The minimum absolute atomic E-state index is 0.152. The zero-order valence-corrected chi connectivity index (χ0v) is 11.2. The minimum atomic E-state index is -0.412. The summed E-state index contributed by atoms with van der Waals surface area (Å²) >= 11 is 5.80. The Balaban J connectivity index is 2.03. The zero-order valence-electron chi connectivity index (χ0n) is 10.4. The maximum atomic E-state index is 13.9. The predicted molar refractivity (Wildman–Crippen MR) is 79.1 cm³/mol. The molecule has 0 bridgehead atoms. The van der Waals surface area contributed by atoms with E-state index < -0.39 is 5.82 Å². The van der Waals surface area contributed by atoms with Crippen LogP contribution in [-0.2, 0) is 0 Å². The van der Waals surface area contributed by atoms with Crippen LogP contribution < -0.4 is 0 Å². The van der Waals surface area contributed by atoms with Gasteiger partial charge in [0, 0.05) is 16.0 Å². The Morgan fingerprint density at radius 1 is 0.950 bits per heavy atom. The molecule has 3 rings (SSSR count). The van der Waals surface area contributed by atoms with Crippen molar-refractivity contribution in [3.63, 3.8) is 0 Å². The van der Waals surface area contributed by atoms with Gasteiger partial charge in [0.2, 0.25) is 0 Å². The Morgan fingerprint density at radius 3 is 2.50 bits per heavy atom. The van der Waals surface area contributed by atoms with Crippen molar-refractivity contribution < 1.29 is 4.39 Å². The lowest BCUT2D eigenvalue weighted by molar-refractivity contribution is 0.620. The fourth-order valence-electron chi connectivity index (χ4n) is 1.84. The van der Waals surface area contributed by atoms with E-state index >= 15 is 0 Å². The first-order valence-electron chi connectivity index (χ1n) is 6.05. The quantitative estimate of drug-likeness (QED) is 0.556. The Morgan fingerprint density at radius 2 is 1.70 bits per heavy atom. The summed E-state index contributed by atoms with van der Waals surface area (Å²) in [6.07, 6.45) is 0. The van der Waals surface area contributed by atoms with Crippen molar-refractivity contribution in [2.45, 2.75) is 0 Å². The molecule has 3 aromatic rings. The van der Waals surface area contributed by atoms with Gasteiger partial charge >= 0.3 is 0 Å². The molecule has 0 N–H and O–H groups in total. The fraction of sp³-hybridized carbons (Fsp3) is 0. The third-order valence-electron chi connectivity index (χ3n) is 2.85. The minimum Gasteiger partial charge on any atom is -0.236 e. The molecular formula is C17H9ClFN. The standard InChI is InChI=1S/C17H9ClFN/c18-14-8-5-12(6-9-14)7-10-17-15(19)11-13-3-1-2-4-16(13)20-17/h1-6,8-9,11H. The van der Waals surface area contributed by atoms with Gasteiger partial charge in [-0.15, -0.1) is 0 Å². The third-order valence-corrected chi connectivity index (χ3v) is 3.10. The van der Waals surface area contributed by atoms with E-state index in [4.69, 9.17) is 11.6 Å². The van der Waals surface area contributed by atoms with Gasteiger partial charge in [-0.1, -0.05) is 35.7 Å². The normalized spacial score (nSPS) is 10.1. The van der Waals surface area contributed by atoms with Crippen LogP contribution in [0.15, 0.2) is 54.6 Å².